The fourth-order valence-electron chi connectivity index (χ4n) is 8.88. The number of rotatable bonds is 5. The van der Waals surface area contributed by atoms with Gasteiger partial charge in [0.2, 0.25) is 0 Å². The molecule has 0 aliphatic rings. The topological polar surface area (TPSA) is 51.8 Å². The van der Waals surface area contributed by atoms with Gasteiger partial charge in [-0.1, -0.05) is 182 Å². The van der Waals surface area contributed by atoms with E-state index in [-0.39, 0.29) is 0 Å². The molecule has 0 spiro atoms. The van der Waals surface area contributed by atoms with E-state index >= 15 is 0 Å². The summed E-state index contributed by atoms with van der Waals surface area (Å²) in [7, 11) is 0. The van der Waals surface area contributed by atoms with E-state index < -0.39 is 0 Å². The number of aromatic nitrogens is 3. The molecule has 3 heterocycles. The zero-order valence-corrected chi connectivity index (χ0v) is 31.8. The highest BCUT2D eigenvalue weighted by Crippen LogP contribution is 2.43. The molecule has 0 saturated heterocycles. The molecule has 4 heteroatoms. The number of fused-ring (bicyclic) bond motifs is 11. The Morgan fingerprint density at radius 2 is 0.831 bits per heavy atom. The van der Waals surface area contributed by atoms with Crippen LogP contribution in [-0.2, 0) is 0 Å². The van der Waals surface area contributed by atoms with E-state index in [4.69, 9.17) is 19.4 Å². The van der Waals surface area contributed by atoms with E-state index in [1.807, 2.05) is 48.5 Å². The molecule has 0 aliphatic carbocycles. The molecule has 0 aliphatic heterocycles. The Hall–Kier alpha value is -7.95. The monoisotopic (exact) mass is 751 g/mol. The van der Waals surface area contributed by atoms with Crippen LogP contribution in [0.1, 0.15) is 0 Å². The average molecular weight is 752 g/mol. The quantitative estimate of drug-likeness (QED) is 0.164. The normalized spacial score (nSPS) is 11.7. The molecule has 4 nitrogen and oxygen atoms in total. The third-order valence-electron chi connectivity index (χ3n) is 11.7. The minimum atomic E-state index is 0.663. The maximum Gasteiger partial charge on any atom is 0.162 e. The Morgan fingerprint density at radius 3 is 1.47 bits per heavy atom. The minimum Gasteiger partial charge on any atom is -0.454 e. The summed E-state index contributed by atoms with van der Waals surface area (Å²) < 4.78 is 6.70. The van der Waals surface area contributed by atoms with E-state index in [1.165, 1.54) is 32.3 Å². The van der Waals surface area contributed by atoms with Crippen molar-refractivity contribution in [3.8, 4) is 56.3 Å². The number of hydrogen-bond donors (Lipinski definition) is 0. The van der Waals surface area contributed by atoms with E-state index in [0.717, 1.165) is 83.3 Å². The molecule has 274 valence electrons. The van der Waals surface area contributed by atoms with Crippen molar-refractivity contribution in [2.75, 3.05) is 0 Å². The van der Waals surface area contributed by atoms with E-state index in [2.05, 4.69) is 152 Å². The van der Waals surface area contributed by atoms with Gasteiger partial charge in [0, 0.05) is 44.0 Å². The van der Waals surface area contributed by atoms with Gasteiger partial charge in [0.05, 0.1) is 16.9 Å². The number of pyridine rings is 1. The lowest BCUT2D eigenvalue weighted by molar-refractivity contribution is 0.669. The van der Waals surface area contributed by atoms with Crippen LogP contribution in [0.15, 0.2) is 205 Å². The van der Waals surface area contributed by atoms with Crippen LogP contribution in [0.4, 0.5) is 0 Å². The van der Waals surface area contributed by atoms with Gasteiger partial charge in [-0.3, -0.25) is 0 Å². The Balaban J connectivity index is 1.05. The molecule has 12 rings (SSSR count). The van der Waals surface area contributed by atoms with Crippen LogP contribution in [0, 0.1) is 0 Å². The average Bonchev–Trinajstić information content (AvgIpc) is 3.72. The van der Waals surface area contributed by atoms with Crippen LogP contribution in [0.25, 0.3) is 121 Å². The standard InChI is InChI=1S/C55H33N3O/c1-3-14-34(15-4-1)48-33-49(35-16-5-2-6-17-35)57-55(56-48)37-28-26-36(27-29-37)52-54-51(45-22-11-12-25-50(45)59-54)46-24-13-23-39(53(46)58-52)38-30-31-44-42-20-8-7-18-40(42)41-19-9-10-21-43(41)47(44)32-38/h1-33H. The first-order valence-corrected chi connectivity index (χ1v) is 19.9. The summed E-state index contributed by atoms with van der Waals surface area (Å²) in [6.07, 6.45) is 0. The second-order valence-corrected chi connectivity index (χ2v) is 15.1. The van der Waals surface area contributed by atoms with Gasteiger partial charge in [0.15, 0.2) is 11.4 Å². The molecule has 0 N–H and O–H groups in total. The highest BCUT2D eigenvalue weighted by molar-refractivity contribution is 6.26. The summed E-state index contributed by atoms with van der Waals surface area (Å²) in [6.45, 7) is 0. The van der Waals surface area contributed by atoms with Gasteiger partial charge in [-0.25, -0.2) is 15.0 Å². The van der Waals surface area contributed by atoms with Crippen LogP contribution >= 0.6 is 0 Å². The van der Waals surface area contributed by atoms with Crippen molar-refractivity contribution in [3.63, 3.8) is 0 Å². The smallest absolute Gasteiger partial charge is 0.162 e. The van der Waals surface area contributed by atoms with Gasteiger partial charge in [-0.15, -0.1) is 0 Å². The van der Waals surface area contributed by atoms with Gasteiger partial charge < -0.3 is 4.42 Å². The highest BCUT2D eigenvalue weighted by atomic mass is 16.3. The molecule has 12 aromatic rings. The van der Waals surface area contributed by atoms with Crippen molar-refractivity contribution < 1.29 is 4.42 Å². The Bertz CT molecular complexity index is 3500. The van der Waals surface area contributed by atoms with Crippen molar-refractivity contribution in [2.24, 2.45) is 0 Å². The van der Waals surface area contributed by atoms with E-state index in [1.54, 1.807) is 0 Å². The zero-order chi connectivity index (χ0) is 38.9. The summed E-state index contributed by atoms with van der Waals surface area (Å²) in [4.78, 5) is 15.7. The van der Waals surface area contributed by atoms with Crippen LogP contribution in [0.5, 0.6) is 0 Å². The maximum atomic E-state index is 6.70. The summed E-state index contributed by atoms with van der Waals surface area (Å²) in [5, 5.41) is 10.7. The van der Waals surface area contributed by atoms with Crippen molar-refractivity contribution in [3.05, 3.63) is 200 Å². The Morgan fingerprint density at radius 1 is 0.322 bits per heavy atom. The van der Waals surface area contributed by atoms with Gasteiger partial charge in [-0.2, -0.15) is 0 Å². The van der Waals surface area contributed by atoms with Crippen molar-refractivity contribution >= 4 is 65.2 Å². The van der Waals surface area contributed by atoms with Crippen LogP contribution in [0.2, 0.25) is 0 Å². The maximum absolute atomic E-state index is 6.70. The molecule has 9 aromatic carbocycles. The lowest BCUT2D eigenvalue weighted by atomic mass is 9.91. The molecule has 0 radical (unpaired) electrons. The third kappa shape index (κ3) is 5.42. The van der Waals surface area contributed by atoms with Gasteiger partial charge in [0.25, 0.3) is 0 Å². The molecule has 59 heavy (non-hydrogen) atoms. The number of benzene rings is 9. The number of para-hydroxylation sites is 2. The highest BCUT2D eigenvalue weighted by Gasteiger charge is 2.21. The first-order valence-electron chi connectivity index (χ1n) is 19.9. The van der Waals surface area contributed by atoms with Gasteiger partial charge in [0.1, 0.15) is 11.3 Å². The van der Waals surface area contributed by atoms with E-state index in [9.17, 15) is 0 Å². The summed E-state index contributed by atoms with van der Waals surface area (Å²) in [6, 6.07) is 70.2. The van der Waals surface area contributed by atoms with Crippen molar-refractivity contribution in [1.29, 1.82) is 0 Å². The molecule has 0 saturated carbocycles. The summed E-state index contributed by atoms with van der Waals surface area (Å²) in [5.41, 5.74) is 11.2. The molecule has 0 amide bonds. The Kier molecular flexibility index (Phi) is 7.50. The van der Waals surface area contributed by atoms with Gasteiger partial charge in [-0.05, 0) is 56.1 Å². The van der Waals surface area contributed by atoms with E-state index in [0.29, 0.717) is 5.82 Å². The van der Waals surface area contributed by atoms with Crippen LogP contribution in [0.3, 0.4) is 0 Å². The number of hydrogen-bond acceptors (Lipinski definition) is 4. The summed E-state index contributed by atoms with van der Waals surface area (Å²) in [5.74, 6) is 0.663. The van der Waals surface area contributed by atoms with Gasteiger partial charge >= 0.3 is 0 Å². The molecule has 3 aromatic heterocycles. The second kappa shape index (κ2) is 13.3. The van der Waals surface area contributed by atoms with Crippen LogP contribution < -0.4 is 0 Å². The molecular formula is C55H33N3O. The number of furan rings is 1. The summed E-state index contributed by atoms with van der Waals surface area (Å²) >= 11 is 0. The predicted octanol–water partition coefficient (Wildman–Crippen LogP) is 14.7. The minimum absolute atomic E-state index is 0.663. The molecular weight excluding hydrogens is 719 g/mol. The molecule has 0 bridgehead atoms. The molecule has 0 unspecified atom stereocenters. The number of nitrogens with zero attached hydrogens (tertiary/aromatic N) is 3. The van der Waals surface area contributed by atoms with Crippen molar-refractivity contribution in [1.82, 2.24) is 15.0 Å². The lowest BCUT2D eigenvalue weighted by Crippen LogP contribution is -1.96. The molecule has 0 fully saturated rings. The third-order valence-corrected chi connectivity index (χ3v) is 11.7. The Labute approximate surface area is 339 Å². The lowest BCUT2D eigenvalue weighted by Gasteiger charge is -2.14. The second-order valence-electron chi connectivity index (χ2n) is 15.1. The first kappa shape index (κ1) is 33.2. The molecule has 0 atom stereocenters. The largest absolute Gasteiger partial charge is 0.454 e. The fraction of sp³-hybridized carbons (Fsp3) is 0. The predicted molar refractivity (Wildman–Crippen MR) is 244 cm³/mol. The fourth-order valence-corrected chi connectivity index (χ4v) is 8.88. The van der Waals surface area contributed by atoms with Crippen molar-refractivity contribution in [2.45, 2.75) is 0 Å². The SMILES string of the molecule is c1ccc(-c2cc(-c3ccccc3)nc(-c3ccc(-c4nc5c(-c6ccc7c8ccccc8c8ccccc8c7c6)cccc5c5c4oc4ccccc45)cc3)n2)cc1. The zero-order valence-electron chi connectivity index (χ0n) is 31.8. The first-order chi connectivity index (χ1) is 29.2. The van der Waals surface area contributed by atoms with Crippen LogP contribution in [-0.4, -0.2) is 15.0 Å².